The summed E-state index contributed by atoms with van der Waals surface area (Å²) in [6.45, 7) is 0.299. The number of carbonyl (C=O) groups excluding carboxylic acids is 1. The zero-order valence-corrected chi connectivity index (χ0v) is 10.5. The summed E-state index contributed by atoms with van der Waals surface area (Å²) in [5.74, 6) is 0.0330. The van der Waals surface area contributed by atoms with Gasteiger partial charge in [-0.05, 0) is 36.4 Å². The molecule has 3 aromatic rings. The zero-order valence-electron chi connectivity index (χ0n) is 10.5. The number of aromatic nitrogens is 1. The van der Waals surface area contributed by atoms with Gasteiger partial charge in [-0.25, -0.2) is 4.39 Å². The van der Waals surface area contributed by atoms with Crippen LogP contribution in [0.5, 0.6) is 0 Å². The molecule has 2 aromatic heterocycles. The van der Waals surface area contributed by atoms with Gasteiger partial charge in [-0.1, -0.05) is 0 Å². The van der Waals surface area contributed by atoms with E-state index in [1.807, 2.05) is 0 Å². The predicted molar refractivity (Wildman–Crippen MR) is 71.6 cm³/mol. The van der Waals surface area contributed by atoms with Crippen LogP contribution >= 0.6 is 0 Å². The molecule has 5 heteroatoms. The summed E-state index contributed by atoms with van der Waals surface area (Å²) < 4.78 is 18.3. The highest BCUT2D eigenvalue weighted by Crippen LogP contribution is 2.15. The SMILES string of the molecule is O=C(NCc1ccco1)c1cnc2ccc(F)cc2c1. The number of benzene rings is 1. The van der Waals surface area contributed by atoms with E-state index in [2.05, 4.69) is 10.3 Å². The second kappa shape index (κ2) is 5.13. The van der Waals surface area contributed by atoms with E-state index < -0.39 is 0 Å². The molecular weight excluding hydrogens is 259 g/mol. The lowest BCUT2D eigenvalue weighted by atomic mass is 10.1. The number of amides is 1. The predicted octanol–water partition coefficient (Wildman–Crippen LogP) is 2.90. The Kier molecular flexibility index (Phi) is 3.16. The van der Waals surface area contributed by atoms with Gasteiger partial charge in [0.2, 0.25) is 0 Å². The van der Waals surface area contributed by atoms with Crippen LogP contribution in [-0.2, 0) is 6.54 Å². The van der Waals surface area contributed by atoms with E-state index in [0.717, 1.165) is 0 Å². The van der Waals surface area contributed by atoms with Crippen molar-refractivity contribution >= 4 is 16.8 Å². The second-order valence-corrected chi connectivity index (χ2v) is 4.32. The van der Waals surface area contributed by atoms with Crippen molar-refractivity contribution in [1.82, 2.24) is 10.3 Å². The van der Waals surface area contributed by atoms with Crippen molar-refractivity contribution in [2.75, 3.05) is 0 Å². The summed E-state index contributed by atoms with van der Waals surface area (Å²) >= 11 is 0. The number of hydrogen-bond acceptors (Lipinski definition) is 3. The molecule has 100 valence electrons. The summed E-state index contributed by atoms with van der Waals surface area (Å²) in [5.41, 5.74) is 1.03. The molecule has 1 aromatic carbocycles. The molecule has 0 aliphatic carbocycles. The molecule has 0 fully saturated rings. The number of fused-ring (bicyclic) bond motifs is 1. The number of pyridine rings is 1. The molecule has 3 rings (SSSR count). The molecule has 0 saturated carbocycles. The number of halogens is 1. The Morgan fingerprint density at radius 1 is 1.30 bits per heavy atom. The standard InChI is InChI=1S/C15H11FN2O2/c16-12-3-4-14-10(7-12)6-11(8-17-14)15(19)18-9-13-2-1-5-20-13/h1-8H,9H2,(H,18,19). The summed E-state index contributed by atoms with van der Waals surface area (Å²) in [7, 11) is 0. The monoisotopic (exact) mass is 270 g/mol. The number of furan rings is 1. The number of carbonyl (C=O) groups is 1. The lowest BCUT2D eigenvalue weighted by Crippen LogP contribution is -2.22. The van der Waals surface area contributed by atoms with E-state index in [1.165, 1.54) is 18.3 Å². The molecule has 2 heterocycles. The van der Waals surface area contributed by atoms with E-state index in [9.17, 15) is 9.18 Å². The molecule has 1 N–H and O–H groups in total. The van der Waals surface area contributed by atoms with Crippen LogP contribution in [0, 0.1) is 5.82 Å². The van der Waals surface area contributed by atoms with Crippen LogP contribution in [-0.4, -0.2) is 10.9 Å². The van der Waals surface area contributed by atoms with Gasteiger partial charge in [0.15, 0.2) is 0 Å². The number of hydrogen-bond donors (Lipinski definition) is 1. The van der Waals surface area contributed by atoms with Crippen molar-refractivity contribution in [3.63, 3.8) is 0 Å². The maximum absolute atomic E-state index is 13.2. The number of rotatable bonds is 3. The number of nitrogens with one attached hydrogen (secondary N) is 1. The largest absolute Gasteiger partial charge is 0.467 e. The average molecular weight is 270 g/mol. The number of nitrogens with zero attached hydrogens (tertiary/aromatic N) is 1. The van der Waals surface area contributed by atoms with Gasteiger partial charge in [0.1, 0.15) is 11.6 Å². The average Bonchev–Trinajstić information content (AvgIpc) is 2.97. The minimum atomic E-state index is -0.354. The van der Waals surface area contributed by atoms with Gasteiger partial charge in [-0.2, -0.15) is 0 Å². The Labute approximate surface area is 114 Å². The van der Waals surface area contributed by atoms with Gasteiger partial charge >= 0.3 is 0 Å². The molecule has 0 aliphatic rings. The highest BCUT2D eigenvalue weighted by atomic mass is 19.1. The molecule has 4 nitrogen and oxygen atoms in total. The smallest absolute Gasteiger partial charge is 0.253 e. The van der Waals surface area contributed by atoms with Crippen molar-refractivity contribution in [3.8, 4) is 0 Å². The van der Waals surface area contributed by atoms with Crippen molar-refractivity contribution in [1.29, 1.82) is 0 Å². The van der Waals surface area contributed by atoms with Crippen LogP contribution in [0.3, 0.4) is 0 Å². The van der Waals surface area contributed by atoms with Crippen molar-refractivity contribution in [2.24, 2.45) is 0 Å². The van der Waals surface area contributed by atoms with Gasteiger partial charge in [-0.15, -0.1) is 0 Å². The molecule has 0 unspecified atom stereocenters. The Morgan fingerprint density at radius 2 is 2.20 bits per heavy atom. The minimum Gasteiger partial charge on any atom is -0.467 e. The minimum absolute atomic E-state index is 0.278. The molecular formula is C15H11FN2O2. The maximum atomic E-state index is 13.2. The lowest BCUT2D eigenvalue weighted by Gasteiger charge is -2.04. The Balaban J connectivity index is 1.80. The first-order valence-electron chi connectivity index (χ1n) is 6.08. The highest BCUT2D eigenvalue weighted by Gasteiger charge is 2.08. The van der Waals surface area contributed by atoms with E-state index in [0.29, 0.717) is 28.8 Å². The van der Waals surface area contributed by atoms with Crippen LogP contribution < -0.4 is 5.32 Å². The van der Waals surface area contributed by atoms with Gasteiger partial charge in [0.05, 0.1) is 23.9 Å². The fraction of sp³-hybridized carbons (Fsp3) is 0.0667. The Hall–Kier alpha value is -2.69. The van der Waals surface area contributed by atoms with Crippen molar-refractivity contribution < 1.29 is 13.6 Å². The summed E-state index contributed by atoms with van der Waals surface area (Å²) in [6.07, 6.45) is 3.01. The first-order valence-corrected chi connectivity index (χ1v) is 6.08. The summed E-state index contributed by atoms with van der Waals surface area (Å²) in [4.78, 5) is 16.1. The normalized spacial score (nSPS) is 10.7. The van der Waals surface area contributed by atoms with Gasteiger partial charge in [0.25, 0.3) is 5.91 Å². The van der Waals surface area contributed by atoms with Crippen LogP contribution in [0.25, 0.3) is 10.9 Å². The Morgan fingerprint density at radius 3 is 3.00 bits per heavy atom. The van der Waals surface area contributed by atoms with E-state index in [1.54, 1.807) is 30.5 Å². The van der Waals surface area contributed by atoms with Crippen LogP contribution in [0.15, 0.2) is 53.3 Å². The van der Waals surface area contributed by atoms with Crippen LogP contribution in [0.1, 0.15) is 16.1 Å². The lowest BCUT2D eigenvalue weighted by molar-refractivity contribution is 0.0948. The third-order valence-electron chi connectivity index (χ3n) is 2.91. The van der Waals surface area contributed by atoms with E-state index in [4.69, 9.17) is 4.42 Å². The van der Waals surface area contributed by atoms with Gasteiger partial charge in [-0.3, -0.25) is 9.78 Å². The highest BCUT2D eigenvalue weighted by molar-refractivity contribution is 5.97. The first-order chi connectivity index (χ1) is 9.72. The molecule has 0 radical (unpaired) electrons. The van der Waals surface area contributed by atoms with Crippen LogP contribution in [0.2, 0.25) is 0 Å². The van der Waals surface area contributed by atoms with E-state index >= 15 is 0 Å². The maximum Gasteiger partial charge on any atom is 0.253 e. The molecule has 20 heavy (non-hydrogen) atoms. The van der Waals surface area contributed by atoms with Crippen molar-refractivity contribution in [3.05, 3.63) is 66.0 Å². The Bertz CT molecular complexity index is 754. The first kappa shape index (κ1) is 12.3. The fourth-order valence-corrected chi connectivity index (χ4v) is 1.91. The van der Waals surface area contributed by atoms with Gasteiger partial charge in [0, 0.05) is 11.6 Å². The molecule has 0 bridgehead atoms. The van der Waals surface area contributed by atoms with Gasteiger partial charge < -0.3 is 9.73 Å². The fourth-order valence-electron chi connectivity index (χ4n) is 1.91. The molecule has 0 atom stereocenters. The third-order valence-corrected chi connectivity index (χ3v) is 2.91. The molecule has 0 saturated heterocycles. The van der Waals surface area contributed by atoms with E-state index in [-0.39, 0.29) is 11.7 Å². The zero-order chi connectivity index (χ0) is 13.9. The summed E-state index contributed by atoms with van der Waals surface area (Å²) in [5, 5.41) is 3.31. The molecule has 0 spiro atoms. The molecule has 1 amide bonds. The molecule has 0 aliphatic heterocycles. The topological polar surface area (TPSA) is 55.1 Å². The van der Waals surface area contributed by atoms with Crippen molar-refractivity contribution in [2.45, 2.75) is 6.54 Å². The second-order valence-electron chi connectivity index (χ2n) is 4.32. The van der Waals surface area contributed by atoms with Crippen LogP contribution in [0.4, 0.5) is 4.39 Å². The third kappa shape index (κ3) is 2.51. The summed E-state index contributed by atoms with van der Waals surface area (Å²) in [6, 6.07) is 9.41. The quantitative estimate of drug-likeness (QED) is 0.796.